The highest BCUT2D eigenvalue weighted by Crippen LogP contribution is 2.27. The van der Waals surface area contributed by atoms with Crippen molar-refractivity contribution in [3.05, 3.63) is 57.5 Å². The maximum absolute atomic E-state index is 6.15. The molecule has 164 valence electrons. The third-order valence-corrected chi connectivity index (χ3v) is 6.24. The summed E-state index contributed by atoms with van der Waals surface area (Å²) in [6, 6.07) is 14.0. The van der Waals surface area contributed by atoms with Gasteiger partial charge in [-0.2, -0.15) is 4.98 Å². The Labute approximate surface area is 197 Å². The molecule has 0 bridgehead atoms. The Bertz CT molecular complexity index is 1040. The van der Waals surface area contributed by atoms with Crippen LogP contribution in [0.25, 0.3) is 10.9 Å². The number of benzene rings is 2. The molecular weight excluding hydrogens is 476 g/mol. The second-order valence-corrected chi connectivity index (χ2v) is 9.50. The summed E-state index contributed by atoms with van der Waals surface area (Å²) in [4.78, 5) is 16.8. The van der Waals surface area contributed by atoms with Crippen molar-refractivity contribution in [2.45, 2.75) is 6.54 Å². The molecule has 1 aliphatic rings. The minimum Gasteiger partial charge on any atom is -0.365 e. The van der Waals surface area contributed by atoms with Gasteiger partial charge in [-0.1, -0.05) is 39.7 Å². The lowest BCUT2D eigenvalue weighted by molar-refractivity contribution is 0.229. The van der Waals surface area contributed by atoms with Crippen LogP contribution in [0.2, 0.25) is 5.02 Å². The van der Waals surface area contributed by atoms with E-state index in [0.29, 0.717) is 6.54 Å². The lowest BCUT2D eigenvalue weighted by Crippen LogP contribution is -2.48. The zero-order valence-corrected chi connectivity index (χ0v) is 20.3. The van der Waals surface area contributed by atoms with Crippen molar-refractivity contribution in [1.82, 2.24) is 19.8 Å². The van der Waals surface area contributed by atoms with E-state index in [9.17, 15) is 0 Å². The molecule has 0 radical (unpaired) electrons. The van der Waals surface area contributed by atoms with Gasteiger partial charge in [0, 0.05) is 60.7 Å². The largest absolute Gasteiger partial charge is 0.365 e. The Morgan fingerprint density at radius 1 is 1.06 bits per heavy atom. The number of anilines is 2. The van der Waals surface area contributed by atoms with Crippen molar-refractivity contribution in [3.63, 3.8) is 0 Å². The summed E-state index contributed by atoms with van der Waals surface area (Å²) in [5.74, 6) is 1.63. The van der Waals surface area contributed by atoms with E-state index in [1.807, 2.05) is 30.3 Å². The van der Waals surface area contributed by atoms with Gasteiger partial charge in [-0.05, 0) is 50.0 Å². The van der Waals surface area contributed by atoms with Crippen LogP contribution in [0.1, 0.15) is 5.56 Å². The van der Waals surface area contributed by atoms with Crippen molar-refractivity contribution in [3.8, 4) is 0 Å². The normalized spacial score (nSPS) is 15.1. The van der Waals surface area contributed by atoms with Crippen LogP contribution in [0, 0.1) is 0 Å². The van der Waals surface area contributed by atoms with Gasteiger partial charge >= 0.3 is 0 Å². The Hall–Kier alpha value is -1.93. The number of halogens is 2. The first-order chi connectivity index (χ1) is 15.0. The van der Waals surface area contributed by atoms with Crippen LogP contribution in [-0.4, -0.2) is 73.1 Å². The van der Waals surface area contributed by atoms with Gasteiger partial charge in [0.15, 0.2) is 0 Å². The standard InChI is InChI=1S/C23H28BrClN6/c1-29(2)8-9-30-10-12-31(13-11-30)23-27-21-7-6-18(24)15-20(21)22(28-23)26-16-17-4-3-5-19(25)14-17/h3-7,14-15H,8-13,16H2,1-2H3,(H,26,27,28). The molecule has 2 aromatic carbocycles. The third kappa shape index (κ3) is 5.86. The van der Waals surface area contributed by atoms with Crippen molar-refractivity contribution in [2.24, 2.45) is 0 Å². The molecule has 0 saturated carbocycles. The summed E-state index contributed by atoms with van der Waals surface area (Å²) in [6.07, 6.45) is 0. The van der Waals surface area contributed by atoms with Crippen LogP contribution in [0.4, 0.5) is 11.8 Å². The maximum Gasteiger partial charge on any atom is 0.227 e. The highest BCUT2D eigenvalue weighted by molar-refractivity contribution is 9.10. The van der Waals surface area contributed by atoms with E-state index in [-0.39, 0.29) is 0 Å². The van der Waals surface area contributed by atoms with E-state index in [1.165, 1.54) is 0 Å². The number of hydrogen-bond acceptors (Lipinski definition) is 6. The quantitative estimate of drug-likeness (QED) is 0.517. The molecule has 1 fully saturated rings. The molecule has 0 aliphatic carbocycles. The molecular formula is C23H28BrClN6. The first kappa shape index (κ1) is 22.3. The monoisotopic (exact) mass is 502 g/mol. The number of likely N-dealkylation sites (N-methyl/N-ethyl adjacent to an activating group) is 1. The van der Waals surface area contributed by atoms with E-state index in [2.05, 4.69) is 62.2 Å². The van der Waals surface area contributed by atoms with Gasteiger partial charge in [0.1, 0.15) is 5.82 Å². The van der Waals surface area contributed by atoms with E-state index < -0.39 is 0 Å². The predicted molar refractivity (Wildman–Crippen MR) is 133 cm³/mol. The summed E-state index contributed by atoms with van der Waals surface area (Å²) in [5, 5.41) is 5.25. The minimum atomic E-state index is 0.650. The summed E-state index contributed by atoms with van der Waals surface area (Å²) >= 11 is 9.73. The molecule has 0 amide bonds. The van der Waals surface area contributed by atoms with Gasteiger partial charge in [-0.25, -0.2) is 4.98 Å². The first-order valence-corrected chi connectivity index (χ1v) is 11.7. The average Bonchev–Trinajstić information content (AvgIpc) is 2.76. The molecule has 1 aliphatic heterocycles. The maximum atomic E-state index is 6.15. The number of fused-ring (bicyclic) bond motifs is 1. The molecule has 2 heterocycles. The zero-order chi connectivity index (χ0) is 21.8. The number of nitrogens with zero attached hydrogens (tertiary/aromatic N) is 5. The fourth-order valence-electron chi connectivity index (χ4n) is 3.71. The van der Waals surface area contributed by atoms with Crippen LogP contribution in [0.3, 0.4) is 0 Å². The third-order valence-electron chi connectivity index (χ3n) is 5.51. The molecule has 0 unspecified atom stereocenters. The molecule has 1 saturated heterocycles. The van der Waals surface area contributed by atoms with Crippen molar-refractivity contribution in [2.75, 3.05) is 63.6 Å². The van der Waals surface area contributed by atoms with Gasteiger partial charge in [-0.3, -0.25) is 4.90 Å². The molecule has 1 N–H and O–H groups in total. The number of piperazine rings is 1. The lowest BCUT2D eigenvalue weighted by atomic mass is 10.2. The topological polar surface area (TPSA) is 47.5 Å². The fraction of sp³-hybridized carbons (Fsp3) is 0.391. The van der Waals surface area contributed by atoms with Gasteiger partial charge in [-0.15, -0.1) is 0 Å². The van der Waals surface area contributed by atoms with Gasteiger partial charge in [0.25, 0.3) is 0 Å². The minimum absolute atomic E-state index is 0.650. The van der Waals surface area contributed by atoms with E-state index in [1.54, 1.807) is 0 Å². The highest BCUT2D eigenvalue weighted by atomic mass is 79.9. The number of hydrogen-bond donors (Lipinski definition) is 1. The number of aromatic nitrogens is 2. The van der Waals surface area contributed by atoms with Gasteiger partial charge in [0.05, 0.1) is 5.52 Å². The molecule has 8 heteroatoms. The highest BCUT2D eigenvalue weighted by Gasteiger charge is 2.20. The fourth-order valence-corrected chi connectivity index (χ4v) is 4.28. The average molecular weight is 504 g/mol. The molecule has 1 aromatic heterocycles. The molecule has 6 nitrogen and oxygen atoms in total. The van der Waals surface area contributed by atoms with Crippen LogP contribution >= 0.6 is 27.5 Å². The molecule has 0 atom stereocenters. The Kier molecular flexibility index (Phi) is 7.27. The Morgan fingerprint density at radius 2 is 1.87 bits per heavy atom. The second-order valence-electron chi connectivity index (χ2n) is 8.15. The summed E-state index contributed by atoms with van der Waals surface area (Å²) in [7, 11) is 4.24. The van der Waals surface area contributed by atoms with Crippen molar-refractivity contribution >= 4 is 50.2 Å². The summed E-state index contributed by atoms with van der Waals surface area (Å²) in [5.41, 5.74) is 2.06. The summed E-state index contributed by atoms with van der Waals surface area (Å²) in [6.45, 7) is 6.75. The van der Waals surface area contributed by atoms with E-state index >= 15 is 0 Å². The Morgan fingerprint density at radius 3 is 2.61 bits per heavy atom. The zero-order valence-electron chi connectivity index (χ0n) is 18.0. The molecule has 0 spiro atoms. The van der Waals surface area contributed by atoms with Gasteiger partial charge in [0.2, 0.25) is 5.95 Å². The van der Waals surface area contributed by atoms with Crippen molar-refractivity contribution < 1.29 is 0 Å². The van der Waals surface area contributed by atoms with Crippen LogP contribution < -0.4 is 10.2 Å². The van der Waals surface area contributed by atoms with Crippen LogP contribution in [-0.2, 0) is 6.54 Å². The smallest absolute Gasteiger partial charge is 0.227 e. The molecule has 4 rings (SSSR count). The van der Waals surface area contributed by atoms with Crippen LogP contribution in [0.15, 0.2) is 46.9 Å². The second kappa shape index (κ2) is 10.1. The molecule has 31 heavy (non-hydrogen) atoms. The first-order valence-electron chi connectivity index (χ1n) is 10.6. The number of nitrogens with one attached hydrogen (secondary N) is 1. The predicted octanol–water partition coefficient (Wildman–Crippen LogP) is 4.34. The molecule has 3 aromatic rings. The SMILES string of the molecule is CN(C)CCN1CCN(c2nc(NCc3cccc(Cl)c3)c3cc(Br)ccc3n2)CC1. The van der Waals surface area contributed by atoms with E-state index in [4.69, 9.17) is 21.6 Å². The number of rotatable bonds is 7. The van der Waals surface area contributed by atoms with Gasteiger partial charge < -0.3 is 15.1 Å². The Balaban J connectivity index is 1.54. The van der Waals surface area contributed by atoms with E-state index in [0.717, 1.165) is 77.0 Å². The summed E-state index contributed by atoms with van der Waals surface area (Å²) < 4.78 is 1.01. The lowest BCUT2D eigenvalue weighted by Gasteiger charge is -2.35. The van der Waals surface area contributed by atoms with Crippen molar-refractivity contribution in [1.29, 1.82) is 0 Å². The van der Waals surface area contributed by atoms with Crippen LogP contribution in [0.5, 0.6) is 0 Å².